The first-order valence-corrected chi connectivity index (χ1v) is 10.2. The molecule has 0 radical (unpaired) electrons. The van der Waals surface area contributed by atoms with Gasteiger partial charge in [-0.15, -0.1) is 0 Å². The molecule has 152 valence electrons. The van der Waals surface area contributed by atoms with Crippen LogP contribution in [0.15, 0.2) is 53.1 Å². The topological polar surface area (TPSA) is 72.6 Å². The number of aliphatic hydroxyl groups is 1. The molecule has 2 unspecified atom stereocenters. The molecule has 0 aliphatic carbocycles. The van der Waals surface area contributed by atoms with Crippen molar-refractivity contribution < 1.29 is 19.1 Å². The minimum atomic E-state index is -1.86. The zero-order chi connectivity index (χ0) is 21.2. The Morgan fingerprint density at radius 2 is 1.86 bits per heavy atom. The van der Waals surface area contributed by atoms with Crippen molar-refractivity contribution in [3.63, 3.8) is 0 Å². The number of esters is 1. The highest BCUT2D eigenvalue weighted by molar-refractivity contribution is 9.09. The number of ether oxygens (including phenoxy) is 1. The Balaban J connectivity index is 1.95. The van der Waals surface area contributed by atoms with E-state index in [4.69, 9.17) is 9.15 Å². The second kappa shape index (κ2) is 8.51. The van der Waals surface area contributed by atoms with Gasteiger partial charge in [0.25, 0.3) is 0 Å². The lowest BCUT2D eigenvalue weighted by Gasteiger charge is -2.30. The van der Waals surface area contributed by atoms with E-state index in [1.54, 1.807) is 6.20 Å². The Bertz CT molecular complexity index is 1010. The molecule has 0 saturated heterocycles. The van der Waals surface area contributed by atoms with Gasteiger partial charge in [-0.2, -0.15) is 0 Å². The maximum Gasteiger partial charge on any atom is 0.339 e. The molecule has 2 aromatic carbocycles. The average Bonchev–Trinajstić information content (AvgIpc) is 3.14. The number of oxazole rings is 1. The van der Waals surface area contributed by atoms with Crippen LogP contribution in [-0.2, 0) is 16.0 Å². The summed E-state index contributed by atoms with van der Waals surface area (Å²) in [7, 11) is 1.26. The number of halogens is 1. The van der Waals surface area contributed by atoms with Crippen LogP contribution in [0.1, 0.15) is 32.8 Å². The summed E-state index contributed by atoms with van der Waals surface area (Å²) >= 11 is 3.52. The molecule has 0 amide bonds. The summed E-state index contributed by atoms with van der Waals surface area (Å²) in [5.74, 6) is 0.0955. The van der Waals surface area contributed by atoms with E-state index in [-0.39, 0.29) is 6.42 Å². The Morgan fingerprint density at radius 1 is 1.21 bits per heavy atom. The van der Waals surface area contributed by atoms with E-state index in [2.05, 4.69) is 27.0 Å². The molecule has 0 fully saturated rings. The van der Waals surface area contributed by atoms with E-state index in [0.717, 1.165) is 27.8 Å². The summed E-state index contributed by atoms with van der Waals surface area (Å²) in [5, 5.41) is 11.3. The molecule has 5 nitrogen and oxygen atoms in total. The Kier molecular flexibility index (Phi) is 6.24. The smallest absolute Gasteiger partial charge is 0.339 e. The minimum absolute atomic E-state index is 0.0816. The molecule has 1 aromatic heterocycles. The van der Waals surface area contributed by atoms with Gasteiger partial charge in [0, 0.05) is 12.0 Å². The lowest BCUT2D eigenvalue weighted by atomic mass is 9.88. The van der Waals surface area contributed by atoms with Crippen LogP contribution < -0.4 is 0 Å². The predicted octanol–water partition coefficient (Wildman–Crippen LogP) is 4.85. The third kappa shape index (κ3) is 4.43. The van der Waals surface area contributed by atoms with Gasteiger partial charge in [-0.3, -0.25) is 0 Å². The maximum atomic E-state index is 12.6. The highest BCUT2D eigenvalue weighted by atomic mass is 79.9. The third-order valence-corrected chi connectivity index (χ3v) is 6.14. The summed E-state index contributed by atoms with van der Waals surface area (Å²) in [5.41, 5.74) is 2.95. The van der Waals surface area contributed by atoms with E-state index in [9.17, 15) is 9.90 Å². The zero-order valence-corrected chi connectivity index (χ0v) is 18.5. The predicted molar refractivity (Wildman–Crippen MR) is 115 cm³/mol. The molecule has 0 aliphatic rings. The van der Waals surface area contributed by atoms with Gasteiger partial charge in [0.05, 0.1) is 18.1 Å². The van der Waals surface area contributed by atoms with Gasteiger partial charge in [-0.05, 0) is 44.0 Å². The minimum Gasteiger partial charge on any atom is -0.467 e. The molecular formula is C23H24BrNO4. The number of nitrogens with zero attached hydrogens (tertiary/aromatic N) is 1. The van der Waals surface area contributed by atoms with Crippen molar-refractivity contribution in [2.45, 2.75) is 37.6 Å². The van der Waals surface area contributed by atoms with Gasteiger partial charge >= 0.3 is 5.97 Å². The fraction of sp³-hybridized carbons (Fsp3) is 0.304. The van der Waals surface area contributed by atoms with Crippen LogP contribution in [-0.4, -0.2) is 28.8 Å². The molecule has 0 aliphatic heterocycles. The first kappa shape index (κ1) is 21.3. The fourth-order valence-electron chi connectivity index (χ4n) is 3.46. The number of rotatable bonds is 6. The number of aryl methyl sites for hydroxylation is 3. The van der Waals surface area contributed by atoms with E-state index >= 15 is 0 Å². The second-order valence-corrected chi connectivity index (χ2v) is 8.24. The molecule has 6 heteroatoms. The van der Waals surface area contributed by atoms with Crippen LogP contribution in [0.3, 0.4) is 0 Å². The van der Waals surface area contributed by atoms with Crippen LogP contribution in [0.2, 0.25) is 0 Å². The Morgan fingerprint density at radius 3 is 2.48 bits per heavy atom. The molecule has 0 saturated carbocycles. The van der Waals surface area contributed by atoms with Crippen molar-refractivity contribution in [3.8, 4) is 11.5 Å². The number of hydrogen-bond acceptors (Lipinski definition) is 5. The number of alkyl halides is 1. The van der Waals surface area contributed by atoms with Crippen LogP contribution >= 0.6 is 15.9 Å². The van der Waals surface area contributed by atoms with Gasteiger partial charge in [0.1, 0.15) is 5.76 Å². The van der Waals surface area contributed by atoms with E-state index in [0.29, 0.717) is 11.7 Å². The van der Waals surface area contributed by atoms with E-state index in [1.165, 1.54) is 7.11 Å². The van der Waals surface area contributed by atoms with Crippen LogP contribution in [0.4, 0.5) is 0 Å². The quantitative estimate of drug-likeness (QED) is 0.423. The zero-order valence-electron chi connectivity index (χ0n) is 16.9. The highest BCUT2D eigenvalue weighted by Crippen LogP contribution is 2.39. The molecular weight excluding hydrogens is 434 g/mol. The third-order valence-electron chi connectivity index (χ3n) is 4.89. The number of carbonyl (C=O) groups is 1. The van der Waals surface area contributed by atoms with Crippen molar-refractivity contribution in [3.05, 3.63) is 76.7 Å². The maximum absolute atomic E-state index is 12.6. The highest BCUT2D eigenvalue weighted by Gasteiger charge is 2.46. The number of carbonyl (C=O) groups excluding carboxylic acids is 1. The molecule has 3 aromatic rings. The van der Waals surface area contributed by atoms with Crippen molar-refractivity contribution in [2.24, 2.45) is 0 Å². The second-order valence-electron chi connectivity index (χ2n) is 7.32. The molecule has 2 atom stereocenters. The molecule has 1 heterocycles. The van der Waals surface area contributed by atoms with E-state index < -0.39 is 16.4 Å². The van der Waals surface area contributed by atoms with Crippen LogP contribution in [0.25, 0.3) is 11.5 Å². The Labute approximate surface area is 178 Å². The first-order valence-electron chi connectivity index (χ1n) is 9.28. The van der Waals surface area contributed by atoms with Crippen molar-refractivity contribution in [1.29, 1.82) is 0 Å². The molecule has 3 rings (SSSR count). The number of methoxy groups -OCH3 is 1. The summed E-state index contributed by atoms with van der Waals surface area (Å²) in [6.07, 6.45) is 1.46. The molecule has 0 bridgehead atoms. The normalized spacial score (nSPS) is 14.3. The summed E-state index contributed by atoms with van der Waals surface area (Å²) < 4.78 is 10.8. The molecule has 1 N–H and O–H groups in total. The SMILES string of the molecule is COC(=O)C(O)(Cc1cnc(-c2cc(C)cc(C)c2)o1)C(Br)c1ccccc1C. The van der Waals surface area contributed by atoms with Gasteiger partial charge in [-0.1, -0.05) is 57.4 Å². The molecule has 0 spiro atoms. The lowest BCUT2D eigenvalue weighted by molar-refractivity contribution is -0.162. The van der Waals surface area contributed by atoms with Gasteiger partial charge < -0.3 is 14.3 Å². The van der Waals surface area contributed by atoms with Crippen LogP contribution in [0, 0.1) is 20.8 Å². The van der Waals surface area contributed by atoms with Gasteiger partial charge in [0.15, 0.2) is 5.60 Å². The van der Waals surface area contributed by atoms with Gasteiger partial charge in [0.2, 0.25) is 5.89 Å². The van der Waals surface area contributed by atoms with Crippen LogP contribution in [0.5, 0.6) is 0 Å². The summed E-state index contributed by atoms with van der Waals surface area (Å²) in [6.45, 7) is 5.94. The first-order chi connectivity index (χ1) is 13.7. The summed E-state index contributed by atoms with van der Waals surface area (Å²) in [6, 6.07) is 13.6. The fourth-order valence-corrected chi connectivity index (χ4v) is 4.32. The van der Waals surface area contributed by atoms with Crippen molar-refractivity contribution in [1.82, 2.24) is 4.98 Å². The Hall–Kier alpha value is -2.44. The lowest BCUT2D eigenvalue weighted by Crippen LogP contribution is -2.45. The monoisotopic (exact) mass is 457 g/mol. The van der Waals surface area contributed by atoms with Gasteiger partial charge in [-0.25, -0.2) is 9.78 Å². The number of hydrogen-bond donors (Lipinski definition) is 1. The average molecular weight is 458 g/mol. The number of aromatic nitrogens is 1. The van der Waals surface area contributed by atoms with E-state index in [1.807, 2.05) is 57.2 Å². The number of benzene rings is 2. The molecule has 29 heavy (non-hydrogen) atoms. The van der Waals surface area contributed by atoms with Crippen molar-refractivity contribution in [2.75, 3.05) is 7.11 Å². The largest absolute Gasteiger partial charge is 0.467 e. The van der Waals surface area contributed by atoms with Crippen molar-refractivity contribution >= 4 is 21.9 Å². The summed E-state index contributed by atoms with van der Waals surface area (Å²) in [4.78, 5) is 16.2. The standard InChI is InChI=1S/C23H24BrNO4/c1-14-9-15(2)11-17(10-14)21-25-13-18(29-21)12-23(27,22(26)28-4)20(24)19-8-6-5-7-16(19)3/h5-11,13,20,27H,12H2,1-4H3.